The number of rotatable bonds is 8. The first-order chi connectivity index (χ1) is 9.47. The van der Waals surface area contributed by atoms with Crippen molar-refractivity contribution >= 4 is 5.91 Å². The highest BCUT2D eigenvalue weighted by molar-refractivity contribution is 5.76. The quantitative estimate of drug-likeness (QED) is 0.766. The van der Waals surface area contributed by atoms with Crippen LogP contribution in [0.1, 0.15) is 44.7 Å². The molecule has 0 aliphatic rings. The van der Waals surface area contributed by atoms with E-state index in [0.29, 0.717) is 12.5 Å². The van der Waals surface area contributed by atoms with Crippen molar-refractivity contribution in [2.75, 3.05) is 6.54 Å². The number of nitrogens with one attached hydrogen (secondary N) is 2. The van der Waals surface area contributed by atoms with Crippen LogP contribution in [0.3, 0.4) is 0 Å². The van der Waals surface area contributed by atoms with Crippen LogP contribution in [-0.4, -0.2) is 24.5 Å². The van der Waals surface area contributed by atoms with Crippen molar-refractivity contribution < 1.29 is 4.79 Å². The monoisotopic (exact) mass is 276 g/mol. The molecule has 1 rings (SSSR count). The van der Waals surface area contributed by atoms with E-state index in [9.17, 15) is 4.79 Å². The Balaban J connectivity index is 2.17. The second kappa shape index (κ2) is 8.75. The maximum atomic E-state index is 11.5. The largest absolute Gasteiger partial charge is 0.354 e. The van der Waals surface area contributed by atoms with Crippen LogP contribution < -0.4 is 10.6 Å². The molecule has 0 spiro atoms. The second-order valence-electron chi connectivity index (χ2n) is 5.86. The highest BCUT2D eigenvalue weighted by Crippen LogP contribution is 2.08. The van der Waals surface area contributed by atoms with Crippen LogP contribution >= 0.6 is 0 Å². The van der Waals surface area contributed by atoms with Crippen molar-refractivity contribution in [2.24, 2.45) is 0 Å². The molecule has 1 aromatic carbocycles. The Morgan fingerprint density at radius 2 is 2.00 bits per heavy atom. The Hall–Kier alpha value is -1.35. The van der Waals surface area contributed by atoms with Gasteiger partial charge in [-0.1, -0.05) is 29.8 Å². The molecule has 3 heteroatoms. The van der Waals surface area contributed by atoms with E-state index in [1.54, 1.807) is 0 Å². The van der Waals surface area contributed by atoms with Crippen molar-refractivity contribution in [2.45, 2.75) is 59.0 Å². The molecule has 1 aromatic rings. The predicted octanol–water partition coefficient (Wildman–Crippen LogP) is 2.82. The summed E-state index contributed by atoms with van der Waals surface area (Å²) in [6.07, 6.45) is 2.72. The van der Waals surface area contributed by atoms with E-state index in [4.69, 9.17) is 0 Å². The average molecular weight is 276 g/mol. The van der Waals surface area contributed by atoms with Gasteiger partial charge in [0.15, 0.2) is 0 Å². The van der Waals surface area contributed by atoms with E-state index >= 15 is 0 Å². The Bertz CT molecular complexity index is 415. The molecule has 3 nitrogen and oxygen atoms in total. The van der Waals surface area contributed by atoms with Gasteiger partial charge in [-0.05, 0) is 46.1 Å². The van der Waals surface area contributed by atoms with Gasteiger partial charge in [-0.15, -0.1) is 0 Å². The smallest absolute Gasteiger partial charge is 0.221 e. The molecule has 112 valence electrons. The molecule has 0 saturated carbocycles. The van der Waals surface area contributed by atoms with Crippen LogP contribution in [0.25, 0.3) is 0 Å². The summed E-state index contributed by atoms with van der Waals surface area (Å²) in [5.74, 6) is 0.124. The first-order valence-electron chi connectivity index (χ1n) is 7.55. The molecule has 20 heavy (non-hydrogen) atoms. The molecule has 0 aliphatic heterocycles. The van der Waals surface area contributed by atoms with Crippen LogP contribution in [0.4, 0.5) is 0 Å². The Morgan fingerprint density at radius 3 is 2.65 bits per heavy atom. The summed E-state index contributed by atoms with van der Waals surface area (Å²) in [5.41, 5.74) is 2.70. The van der Waals surface area contributed by atoms with Gasteiger partial charge in [0.2, 0.25) is 5.91 Å². The van der Waals surface area contributed by atoms with Crippen LogP contribution in [0.15, 0.2) is 24.3 Å². The minimum absolute atomic E-state index is 0.124. The number of amides is 1. The summed E-state index contributed by atoms with van der Waals surface area (Å²) >= 11 is 0. The molecule has 0 aromatic heterocycles. The van der Waals surface area contributed by atoms with Crippen LogP contribution in [0.5, 0.6) is 0 Å². The summed E-state index contributed by atoms with van der Waals surface area (Å²) in [7, 11) is 0. The maximum Gasteiger partial charge on any atom is 0.221 e. The van der Waals surface area contributed by atoms with Gasteiger partial charge in [0, 0.05) is 25.0 Å². The Morgan fingerprint density at radius 1 is 1.25 bits per heavy atom. The highest BCUT2D eigenvalue weighted by Gasteiger charge is 2.05. The van der Waals surface area contributed by atoms with E-state index in [-0.39, 0.29) is 11.9 Å². The van der Waals surface area contributed by atoms with Crippen molar-refractivity contribution in [1.82, 2.24) is 10.6 Å². The number of carbonyl (C=O) groups is 1. The minimum atomic E-state index is 0.124. The summed E-state index contributed by atoms with van der Waals surface area (Å²) in [6.45, 7) is 9.01. The van der Waals surface area contributed by atoms with E-state index in [0.717, 1.165) is 19.4 Å². The summed E-state index contributed by atoms with van der Waals surface area (Å²) < 4.78 is 0. The summed E-state index contributed by atoms with van der Waals surface area (Å²) in [6, 6.07) is 9.31. The predicted molar refractivity (Wildman–Crippen MR) is 84.9 cm³/mol. The van der Waals surface area contributed by atoms with Crippen molar-refractivity contribution in [3.05, 3.63) is 35.4 Å². The van der Waals surface area contributed by atoms with Gasteiger partial charge in [-0.2, -0.15) is 0 Å². The lowest BCUT2D eigenvalue weighted by atomic mass is 10.0. The summed E-state index contributed by atoms with van der Waals surface area (Å²) in [5, 5.41) is 6.31. The fourth-order valence-electron chi connectivity index (χ4n) is 2.18. The molecular formula is C17H28N2O. The fourth-order valence-corrected chi connectivity index (χ4v) is 2.18. The van der Waals surface area contributed by atoms with E-state index in [2.05, 4.69) is 48.7 Å². The molecule has 0 fully saturated rings. The molecule has 2 N–H and O–H groups in total. The highest BCUT2D eigenvalue weighted by atomic mass is 16.1. The first-order valence-corrected chi connectivity index (χ1v) is 7.55. The number of benzene rings is 1. The lowest BCUT2D eigenvalue weighted by Gasteiger charge is -2.14. The van der Waals surface area contributed by atoms with E-state index < -0.39 is 0 Å². The zero-order chi connectivity index (χ0) is 15.0. The topological polar surface area (TPSA) is 41.1 Å². The van der Waals surface area contributed by atoms with Crippen LogP contribution in [0.2, 0.25) is 0 Å². The third-order valence-corrected chi connectivity index (χ3v) is 3.24. The summed E-state index contributed by atoms with van der Waals surface area (Å²) in [4.78, 5) is 11.5. The SMILES string of the molecule is Cc1cccc(CCC(C)NCCC(=O)NC(C)C)c1. The number of aryl methyl sites for hydroxylation is 2. The van der Waals surface area contributed by atoms with Crippen molar-refractivity contribution in [1.29, 1.82) is 0 Å². The Labute approximate surface area is 123 Å². The van der Waals surface area contributed by atoms with Crippen LogP contribution in [-0.2, 0) is 11.2 Å². The normalized spacial score (nSPS) is 12.4. The van der Waals surface area contributed by atoms with Gasteiger partial charge in [0.05, 0.1) is 0 Å². The van der Waals surface area contributed by atoms with Gasteiger partial charge in [0.25, 0.3) is 0 Å². The third kappa shape index (κ3) is 7.29. The molecule has 1 unspecified atom stereocenters. The number of hydrogen-bond donors (Lipinski definition) is 2. The second-order valence-corrected chi connectivity index (χ2v) is 5.86. The molecular weight excluding hydrogens is 248 g/mol. The third-order valence-electron chi connectivity index (χ3n) is 3.24. The van der Waals surface area contributed by atoms with Crippen molar-refractivity contribution in [3.8, 4) is 0 Å². The zero-order valence-electron chi connectivity index (χ0n) is 13.2. The lowest BCUT2D eigenvalue weighted by Crippen LogP contribution is -2.34. The zero-order valence-corrected chi connectivity index (χ0v) is 13.2. The molecule has 0 radical (unpaired) electrons. The Kier molecular flexibility index (Phi) is 7.31. The van der Waals surface area contributed by atoms with Crippen LogP contribution in [0, 0.1) is 6.92 Å². The average Bonchev–Trinajstić information content (AvgIpc) is 2.35. The maximum absolute atomic E-state index is 11.5. The van der Waals surface area contributed by atoms with Gasteiger partial charge >= 0.3 is 0 Å². The van der Waals surface area contributed by atoms with Gasteiger partial charge in [0.1, 0.15) is 0 Å². The lowest BCUT2D eigenvalue weighted by molar-refractivity contribution is -0.121. The molecule has 0 heterocycles. The van der Waals surface area contributed by atoms with Gasteiger partial charge in [-0.25, -0.2) is 0 Å². The fraction of sp³-hybridized carbons (Fsp3) is 0.588. The van der Waals surface area contributed by atoms with Gasteiger partial charge in [-0.3, -0.25) is 4.79 Å². The standard InChI is InChI=1S/C17H28N2O/c1-13(2)19-17(20)10-11-18-15(4)8-9-16-7-5-6-14(3)12-16/h5-7,12-13,15,18H,8-11H2,1-4H3,(H,19,20). The minimum Gasteiger partial charge on any atom is -0.354 e. The molecule has 0 saturated heterocycles. The molecule has 0 bridgehead atoms. The first kappa shape index (κ1) is 16.7. The number of carbonyl (C=O) groups excluding carboxylic acids is 1. The van der Waals surface area contributed by atoms with Crippen molar-refractivity contribution in [3.63, 3.8) is 0 Å². The molecule has 1 atom stereocenters. The van der Waals surface area contributed by atoms with E-state index in [1.807, 2.05) is 13.8 Å². The van der Waals surface area contributed by atoms with Gasteiger partial charge < -0.3 is 10.6 Å². The molecule has 0 aliphatic carbocycles. The molecule has 1 amide bonds. The number of hydrogen-bond acceptors (Lipinski definition) is 2. The van der Waals surface area contributed by atoms with E-state index in [1.165, 1.54) is 11.1 Å².